The van der Waals surface area contributed by atoms with Gasteiger partial charge in [-0.1, -0.05) is 23.2 Å². The summed E-state index contributed by atoms with van der Waals surface area (Å²) in [4.78, 5) is 4.23. The van der Waals surface area contributed by atoms with Gasteiger partial charge >= 0.3 is 0 Å². The van der Waals surface area contributed by atoms with Gasteiger partial charge in [-0.15, -0.1) is 0 Å². The summed E-state index contributed by atoms with van der Waals surface area (Å²) in [7, 11) is 0. The van der Waals surface area contributed by atoms with Crippen molar-refractivity contribution >= 4 is 44.8 Å². The fourth-order valence-corrected chi connectivity index (χ4v) is 2.13. The van der Waals surface area contributed by atoms with Crippen LogP contribution in [0.1, 0.15) is 11.1 Å². The van der Waals surface area contributed by atoms with Gasteiger partial charge in [-0.2, -0.15) is 0 Å². The number of nitrogens with zero attached hydrogens (tertiary/aromatic N) is 1. The predicted molar refractivity (Wildman–Crippen MR) is 80.5 cm³/mol. The minimum atomic E-state index is 0.613. The van der Waals surface area contributed by atoms with Gasteiger partial charge in [0.1, 0.15) is 4.60 Å². The molecule has 0 fully saturated rings. The summed E-state index contributed by atoms with van der Waals surface area (Å²) in [5.41, 5.74) is 2.99. The van der Waals surface area contributed by atoms with E-state index in [0.29, 0.717) is 16.6 Å². The third-order valence-electron chi connectivity index (χ3n) is 2.51. The molecular formula is C13H11BrCl2N2. The Labute approximate surface area is 124 Å². The topological polar surface area (TPSA) is 24.9 Å². The molecule has 5 heteroatoms. The van der Waals surface area contributed by atoms with Gasteiger partial charge in [0.2, 0.25) is 0 Å². The maximum Gasteiger partial charge on any atom is 0.109 e. The molecule has 0 saturated carbocycles. The van der Waals surface area contributed by atoms with Crippen LogP contribution in [0.15, 0.2) is 35.1 Å². The summed E-state index contributed by atoms with van der Waals surface area (Å²) in [5.74, 6) is 0. The summed E-state index contributed by atoms with van der Waals surface area (Å²) in [6.07, 6.45) is 1.77. The minimum Gasteiger partial charge on any atom is -0.380 e. The average molecular weight is 346 g/mol. The van der Waals surface area contributed by atoms with Gasteiger partial charge in [0.25, 0.3) is 0 Å². The Morgan fingerprint density at radius 2 is 2.06 bits per heavy atom. The van der Waals surface area contributed by atoms with Gasteiger partial charge < -0.3 is 5.32 Å². The first-order valence-electron chi connectivity index (χ1n) is 5.36. The van der Waals surface area contributed by atoms with Crippen LogP contribution in [0.3, 0.4) is 0 Å². The van der Waals surface area contributed by atoms with Crippen LogP contribution in [0, 0.1) is 6.92 Å². The van der Waals surface area contributed by atoms with Crippen molar-refractivity contribution in [3.63, 3.8) is 0 Å². The van der Waals surface area contributed by atoms with E-state index in [2.05, 4.69) is 26.2 Å². The molecular weight excluding hydrogens is 335 g/mol. The second-order valence-corrected chi connectivity index (χ2v) is 5.52. The number of hydrogen-bond donors (Lipinski definition) is 1. The highest BCUT2D eigenvalue weighted by molar-refractivity contribution is 9.10. The van der Waals surface area contributed by atoms with E-state index >= 15 is 0 Å². The van der Waals surface area contributed by atoms with Crippen molar-refractivity contribution in [3.8, 4) is 0 Å². The van der Waals surface area contributed by atoms with Crippen LogP contribution in [0.5, 0.6) is 0 Å². The van der Waals surface area contributed by atoms with E-state index in [1.807, 2.05) is 19.1 Å². The molecule has 0 amide bonds. The number of aromatic nitrogens is 1. The predicted octanol–water partition coefficient (Wildman–Crippen LogP) is 5.07. The number of rotatable bonds is 3. The van der Waals surface area contributed by atoms with Gasteiger partial charge in [-0.25, -0.2) is 4.98 Å². The lowest BCUT2D eigenvalue weighted by molar-refractivity contribution is 1.12. The van der Waals surface area contributed by atoms with Crippen LogP contribution in [-0.4, -0.2) is 4.98 Å². The fourth-order valence-electron chi connectivity index (χ4n) is 1.53. The van der Waals surface area contributed by atoms with Crippen LogP contribution >= 0.6 is 39.1 Å². The molecule has 0 atom stereocenters. The molecule has 94 valence electrons. The van der Waals surface area contributed by atoms with Gasteiger partial charge in [-0.05, 0) is 58.2 Å². The van der Waals surface area contributed by atoms with Crippen LogP contribution < -0.4 is 5.32 Å². The Morgan fingerprint density at radius 3 is 2.78 bits per heavy atom. The largest absolute Gasteiger partial charge is 0.380 e. The second kappa shape index (κ2) is 5.91. The molecule has 1 heterocycles. The van der Waals surface area contributed by atoms with E-state index < -0.39 is 0 Å². The summed E-state index contributed by atoms with van der Waals surface area (Å²) in [5, 5.41) is 4.65. The Kier molecular flexibility index (Phi) is 4.49. The van der Waals surface area contributed by atoms with Crippen molar-refractivity contribution in [1.29, 1.82) is 0 Å². The number of benzene rings is 1. The number of nitrogens with one attached hydrogen (secondary N) is 1. The Bertz CT molecular complexity index is 573. The Morgan fingerprint density at radius 1 is 1.28 bits per heavy atom. The van der Waals surface area contributed by atoms with E-state index in [4.69, 9.17) is 23.2 Å². The molecule has 1 N–H and O–H groups in total. The first kappa shape index (κ1) is 13.7. The molecule has 18 heavy (non-hydrogen) atoms. The SMILES string of the molecule is Cc1cc(NCc2cc(Cl)ccc2Cl)cnc1Br. The lowest BCUT2D eigenvalue weighted by Gasteiger charge is -2.09. The van der Waals surface area contributed by atoms with Crippen molar-refractivity contribution in [2.24, 2.45) is 0 Å². The molecule has 0 aliphatic rings. The third-order valence-corrected chi connectivity index (χ3v) is 3.94. The molecule has 0 aliphatic heterocycles. The molecule has 2 rings (SSSR count). The zero-order valence-electron chi connectivity index (χ0n) is 9.67. The molecule has 1 aromatic carbocycles. The second-order valence-electron chi connectivity index (χ2n) is 3.92. The average Bonchev–Trinajstić information content (AvgIpc) is 2.34. The smallest absolute Gasteiger partial charge is 0.109 e. The van der Waals surface area contributed by atoms with Crippen LogP contribution in [0.25, 0.3) is 0 Å². The number of halogens is 3. The summed E-state index contributed by atoms with van der Waals surface area (Å²) in [6.45, 7) is 2.61. The third kappa shape index (κ3) is 3.37. The van der Waals surface area contributed by atoms with E-state index in [-0.39, 0.29) is 0 Å². The molecule has 2 aromatic rings. The first-order chi connectivity index (χ1) is 8.56. The maximum absolute atomic E-state index is 6.10. The highest BCUT2D eigenvalue weighted by atomic mass is 79.9. The first-order valence-corrected chi connectivity index (χ1v) is 6.91. The van der Waals surface area contributed by atoms with Crippen molar-refractivity contribution < 1.29 is 0 Å². The van der Waals surface area contributed by atoms with Gasteiger partial charge in [0, 0.05) is 16.6 Å². The molecule has 0 unspecified atom stereocenters. The molecule has 0 aliphatic carbocycles. The molecule has 0 radical (unpaired) electrons. The normalized spacial score (nSPS) is 10.4. The zero-order valence-corrected chi connectivity index (χ0v) is 12.8. The highest BCUT2D eigenvalue weighted by Gasteiger charge is 2.03. The lowest BCUT2D eigenvalue weighted by Crippen LogP contribution is -2.01. The highest BCUT2D eigenvalue weighted by Crippen LogP contribution is 2.22. The molecule has 0 saturated heterocycles. The lowest BCUT2D eigenvalue weighted by atomic mass is 10.2. The number of anilines is 1. The quantitative estimate of drug-likeness (QED) is 0.785. The van der Waals surface area contributed by atoms with Crippen molar-refractivity contribution in [1.82, 2.24) is 4.98 Å². The van der Waals surface area contributed by atoms with Crippen LogP contribution in [0.2, 0.25) is 10.0 Å². The van der Waals surface area contributed by atoms with Crippen molar-refractivity contribution in [2.75, 3.05) is 5.32 Å². The van der Waals surface area contributed by atoms with Crippen molar-refractivity contribution in [3.05, 3.63) is 56.2 Å². The summed E-state index contributed by atoms with van der Waals surface area (Å²) < 4.78 is 0.855. The van der Waals surface area contributed by atoms with E-state index in [0.717, 1.165) is 21.4 Å². The van der Waals surface area contributed by atoms with E-state index in [1.54, 1.807) is 18.3 Å². The summed E-state index contributed by atoms with van der Waals surface area (Å²) in [6, 6.07) is 7.45. The van der Waals surface area contributed by atoms with Gasteiger partial charge in [-0.3, -0.25) is 0 Å². The minimum absolute atomic E-state index is 0.613. The number of hydrogen-bond acceptors (Lipinski definition) is 2. The van der Waals surface area contributed by atoms with E-state index in [9.17, 15) is 0 Å². The Hall–Kier alpha value is -0.770. The maximum atomic E-state index is 6.10. The molecule has 2 nitrogen and oxygen atoms in total. The number of aryl methyl sites for hydroxylation is 1. The number of pyridine rings is 1. The van der Waals surface area contributed by atoms with Crippen LogP contribution in [-0.2, 0) is 6.54 Å². The standard InChI is InChI=1S/C13H11BrCl2N2/c1-8-4-11(7-18-13(8)14)17-6-9-5-10(15)2-3-12(9)16/h2-5,7,17H,6H2,1H3. The zero-order chi connectivity index (χ0) is 13.1. The van der Waals surface area contributed by atoms with Gasteiger partial charge in [0.05, 0.1) is 11.9 Å². The molecule has 1 aromatic heterocycles. The Balaban J connectivity index is 2.11. The van der Waals surface area contributed by atoms with Crippen LogP contribution in [0.4, 0.5) is 5.69 Å². The van der Waals surface area contributed by atoms with E-state index in [1.165, 1.54) is 0 Å². The molecule has 0 bridgehead atoms. The van der Waals surface area contributed by atoms with Crippen molar-refractivity contribution in [2.45, 2.75) is 13.5 Å². The summed E-state index contributed by atoms with van der Waals surface area (Å²) >= 11 is 15.4. The monoisotopic (exact) mass is 344 g/mol. The fraction of sp³-hybridized carbons (Fsp3) is 0.154. The van der Waals surface area contributed by atoms with Gasteiger partial charge in [0.15, 0.2) is 0 Å². The molecule has 0 spiro atoms.